The molecule has 0 aromatic heterocycles. The van der Waals surface area contributed by atoms with E-state index in [1.165, 1.54) is 22.3 Å². The monoisotopic (exact) mass is 287 g/mol. The van der Waals surface area contributed by atoms with E-state index in [4.69, 9.17) is 17.3 Å². The Morgan fingerprint density at radius 3 is 2.20 bits per heavy atom. The molecule has 0 amide bonds. The zero-order valence-corrected chi connectivity index (χ0v) is 13.0. The molecule has 0 aliphatic heterocycles. The summed E-state index contributed by atoms with van der Waals surface area (Å²) in [5.41, 5.74) is 11.3. The molecule has 0 aliphatic carbocycles. The van der Waals surface area contributed by atoms with Gasteiger partial charge in [0.1, 0.15) is 0 Å². The highest BCUT2D eigenvalue weighted by Gasteiger charge is 2.13. The van der Waals surface area contributed by atoms with Crippen molar-refractivity contribution < 1.29 is 0 Å². The van der Waals surface area contributed by atoms with Crippen molar-refractivity contribution in [2.24, 2.45) is 11.7 Å². The van der Waals surface area contributed by atoms with Crippen LogP contribution in [0.5, 0.6) is 0 Å². The van der Waals surface area contributed by atoms with Crippen LogP contribution >= 0.6 is 11.6 Å². The largest absolute Gasteiger partial charge is 0.330 e. The Morgan fingerprint density at radius 2 is 1.60 bits per heavy atom. The Hall–Kier alpha value is -1.31. The molecule has 1 unspecified atom stereocenters. The first-order valence-electron chi connectivity index (χ1n) is 7.10. The minimum atomic E-state index is 0.426. The highest BCUT2D eigenvalue weighted by Crippen LogP contribution is 2.23. The van der Waals surface area contributed by atoms with Crippen molar-refractivity contribution >= 4 is 11.6 Å². The minimum absolute atomic E-state index is 0.426. The molecule has 0 fully saturated rings. The van der Waals surface area contributed by atoms with Crippen LogP contribution in [0.4, 0.5) is 0 Å². The van der Waals surface area contributed by atoms with Gasteiger partial charge in [0.05, 0.1) is 0 Å². The van der Waals surface area contributed by atoms with Crippen molar-refractivity contribution in [2.75, 3.05) is 6.54 Å². The van der Waals surface area contributed by atoms with Crippen molar-refractivity contribution in [3.63, 3.8) is 0 Å². The van der Waals surface area contributed by atoms with Crippen LogP contribution in [0.1, 0.15) is 22.3 Å². The Morgan fingerprint density at radius 1 is 0.950 bits per heavy atom. The number of aryl methyl sites for hydroxylation is 2. The number of nitrogens with two attached hydrogens (primary N) is 1. The maximum atomic E-state index is 6.25. The van der Waals surface area contributed by atoms with E-state index in [1.807, 2.05) is 18.2 Å². The van der Waals surface area contributed by atoms with Gasteiger partial charge in [-0.3, -0.25) is 0 Å². The van der Waals surface area contributed by atoms with Gasteiger partial charge in [0, 0.05) is 5.02 Å². The van der Waals surface area contributed by atoms with Crippen molar-refractivity contribution in [1.82, 2.24) is 0 Å². The summed E-state index contributed by atoms with van der Waals surface area (Å²) in [6.45, 7) is 5.02. The van der Waals surface area contributed by atoms with Gasteiger partial charge in [-0.1, -0.05) is 48.0 Å². The summed E-state index contributed by atoms with van der Waals surface area (Å²) < 4.78 is 0. The summed E-state index contributed by atoms with van der Waals surface area (Å²) in [4.78, 5) is 0. The van der Waals surface area contributed by atoms with E-state index in [-0.39, 0.29) is 0 Å². The average molecular weight is 288 g/mol. The third-order valence-corrected chi connectivity index (χ3v) is 4.31. The van der Waals surface area contributed by atoms with Crippen LogP contribution in [-0.2, 0) is 12.8 Å². The molecule has 1 nitrogen and oxygen atoms in total. The summed E-state index contributed by atoms with van der Waals surface area (Å²) in [5.74, 6) is 0.426. The molecule has 0 saturated heterocycles. The lowest BCUT2D eigenvalue weighted by atomic mass is 9.89. The molecular weight excluding hydrogens is 266 g/mol. The zero-order chi connectivity index (χ0) is 14.5. The quantitative estimate of drug-likeness (QED) is 0.871. The van der Waals surface area contributed by atoms with Crippen LogP contribution in [0.2, 0.25) is 5.02 Å². The van der Waals surface area contributed by atoms with Gasteiger partial charge >= 0.3 is 0 Å². The highest BCUT2D eigenvalue weighted by molar-refractivity contribution is 6.31. The first-order chi connectivity index (χ1) is 9.61. The van der Waals surface area contributed by atoms with E-state index >= 15 is 0 Å². The second-order valence-electron chi connectivity index (χ2n) is 5.47. The average Bonchev–Trinajstić information content (AvgIpc) is 2.44. The molecule has 2 N–H and O–H groups in total. The van der Waals surface area contributed by atoms with E-state index in [1.54, 1.807) is 0 Å². The van der Waals surface area contributed by atoms with Gasteiger partial charge in [-0.25, -0.2) is 0 Å². The fourth-order valence-electron chi connectivity index (χ4n) is 2.67. The number of hydrogen-bond acceptors (Lipinski definition) is 1. The lowest BCUT2D eigenvalue weighted by Crippen LogP contribution is -2.20. The number of benzene rings is 2. The molecule has 2 rings (SSSR count). The smallest absolute Gasteiger partial charge is 0.0438 e. The molecule has 0 spiro atoms. The topological polar surface area (TPSA) is 26.0 Å². The third-order valence-electron chi connectivity index (χ3n) is 3.94. The molecule has 0 saturated carbocycles. The number of rotatable bonds is 5. The molecule has 1 atom stereocenters. The van der Waals surface area contributed by atoms with Crippen LogP contribution in [0.25, 0.3) is 0 Å². The molecule has 20 heavy (non-hydrogen) atoms. The summed E-state index contributed by atoms with van der Waals surface area (Å²) in [5, 5.41) is 0.840. The second-order valence-corrected chi connectivity index (χ2v) is 5.88. The fourth-order valence-corrected chi connectivity index (χ4v) is 2.89. The van der Waals surface area contributed by atoms with Gasteiger partial charge in [-0.15, -0.1) is 0 Å². The standard InChI is InChI=1S/C18H22ClN/c1-13-6-5-7-14(2)17(13)11-15(12-20)10-16-8-3-4-9-18(16)19/h3-9,15H,10-12,20H2,1-2H3. The van der Waals surface area contributed by atoms with E-state index in [0.29, 0.717) is 12.5 Å². The Balaban J connectivity index is 2.16. The van der Waals surface area contributed by atoms with E-state index in [0.717, 1.165) is 17.9 Å². The van der Waals surface area contributed by atoms with E-state index in [2.05, 4.69) is 38.1 Å². The maximum Gasteiger partial charge on any atom is 0.0438 e. The molecule has 106 valence electrons. The Labute approximate surface area is 126 Å². The molecule has 0 radical (unpaired) electrons. The summed E-state index contributed by atoms with van der Waals surface area (Å²) >= 11 is 6.25. The predicted octanol–water partition coefficient (Wildman–Crippen LogP) is 4.32. The van der Waals surface area contributed by atoms with Crippen LogP contribution in [-0.4, -0.2) is 6.54 Å². The Bertz CT molecular complexity index is 557. The van der Waals surface area contributed by atoms with Crippen molar-refractivity contribution in [1.29, 1.82) is 0 Å². The zero-order valence-electron chi connectivity index (χ0n) is 12.2. The first-order valence-corrected chi connectivity index (χ1v) is 7.48. The number of hydrogen-bond donors (Lipinski definition) is 1. The van der Waals surface area contributed by atoms with Gasteiger partial charge in [-0.05, 0) is 67.5 Å². The SMILES string of the molecule is Cc1cccc(C)c1CC(CN)Cc1ccccc1Cl. The lowest BCUT2D eigenvalue weighted by molar-refractivity contribution is 0.531. The molecule has 0 heterocycles. The third kappa shape index (κ3) is 3.62. The van der Waals surface area contributed by atoms with Crippen molar-refractivity contribution in [3.05, 3.63) is 69.7 Å². The van der Waals surface area contributed by atoms with Crippen LogP contribution < -0.4 is 5.73 Å². The van der Waals surface area contributed by atoms with Crippen LogP contribution in [0.3, 0.4) is 0 Å². The minimum Gasteiger partial charge on any atom is -0.330 e. The van der Waals surface area contributed by atoms with E-state index < -0.39 is 0 Å². The molecule has 2 aromatic rings. The lowest BCUT2D eigenvalue weighted by Gasteiger charge is -2.18. The fraction of sp³-hybridized carbons (Fsp3) is 0.333. The Kier molecular flexibility index (Phi) is 5.22. The molecule has 0 bridgehead atoms. The maximum absolute atomic E-state index is 6.25. The summed E-state index contributed by atoms with van der Waals surface area (Å²) in [7, 11) is 0. The van der Waals surface area contributed by atoms with E-state index in [9.17, 15) is 0 Å². The molecule has 2 aromatic carbocycles. The van der Waals surface area contributed by atoms with Gasteiger partial charge < -0.3 is 5.73 Å². The first kappa shape index (κ1) is 15.1. The van der Waals surface area contributed by atoms with Gasteiger partial charge in [-0.2, -0.15) is 0 Å². The van der Waals surface area contributed by atoms with Crippen LogP contribution in [0, 0.1) is 19.8 Å². The van der Waals surface area contributed by atoms with Crippen molar-refractivity contribution in [2.45, 2.75) is 26.7 Å². The van der Waals surface area contributed by atoms with Crippen LogP contribution in [0.15, 0.2) is 42.5 Å². The van der Waals surface area contributed by atoms with Gasteiger partial charge in [0.25, 0.3) is 0 Å². The molecular formula is C18H22ClN. The normalized spacial score (nSPS) is 12.4. The second kappa shape index (κ2) is 6.92. The van der Waals surface area contributed by atoms with Gasteiger partial charge in [0.2, 0.25) is 0 Å². The molecule has 2 heteroatoms. The van der Waals surface area contributed by atoms with Crippen molar-refractivity contribution in [3.8, 4) is 0 Å². The highest BCUT2D eigenvalue weighted by atomic mass is 35.5. The van der Waals surface area contributed by atoms with Gasteiger partial charge in [0.15, 0.2) is 0 Å². The molecule has 0 aliphatic rings. The summed E-state index contributed by atoms with van der Waals surface area (Å²) in [6.07, 6.45) is 1.95. The number of halogens is 1. The summed E-state index contributed by atoms with van der Waals surface area (Å²) in [6, 6.07) is 14.5. The predicted molar refractivity (Wildman–Crippen MR) is 87.3 cm³/mol.